The van der Waals surface area contributed by atoms with Gasteiger partial charge in [0.05, 0.1) is 6.04 Å². The highest BCUT2D eigenvalue weighted by molar-refractivity contribution is 5.81. The minimum Gasteiger partial charge on any atom is -0.481 e. The van der Waals surface area contributed by atoms with Crippen molar-refractivity contribution < 1.29 is 9.53 Å². The van der Waals surface area contributed by atoms with Crippen molar-refractivity contribution in [1.82, 2.24) is 5.32 Å². The molecule has 3 heteroatoms. The molecule has 2 aromatic carbocycles. The van der Waals surface area contributed by atoms with E-state index >= 15 is 0 Å². The minimum atomic E-state index is -0.465. The van der Waals surface area contributed by atoms with Crippen molar-refractivity contribution in [3.63, 3.8) is 0 Å². The molecule has 1 aliphatic carbocycles. The van der Waals surface area contributed by atoms with Crippen LogP contribution in [0.5, 0.6) is 5.75 Å². The quantitative estimate of drug-likeness (QED) is 0.836. The molecule has 0 heterocycles. The van der Waals surface area contributed by atoms with Crippen LogP contribution < -0.4 is 10.1 Å². The van der Waals surface area contributed by atoms with E-state index in [-0.39, 0.29) is 11.9 Å². The molecule has 0 bridgehead atoms. The van der Waals surface area contributed by atoms with E-state index in [9.17, 15) is 4.79 Å². The van der Waals surface area contributed by atoms with Crippen LogP contribution in [0.3, 0.4) is 0 Å². The highest BCUT2D eigenvalue weighted by Crippen LogP contribution is 2.26. The fourth-order valence-electron chi connectivity index (χ4n) is 3.40. The van der Waals surface area contributed by atoms with Crippen LogP contribution in [0, 0.1) is 0 Å². The molecule has 2 aromatic rings. The standard InChI is InChI=1S/C22H27NO2/c1-3-21(22(24)23-16(2)17-9-5-4-6-10-17)25-20-14-13-18-11-7-8-12-19(18)15-20/h4-6,9-10,13-16,21H,3,7-8,11-12H2,1-2H3,(H,23,24)/t16-,21+/m0/s1. The Labute approximate surface area is 150 Å². The summed E-state index contributed by atoms with van der Waals surface area (Å²) in [5.74, 6) is 0.742. The van der Waals surface area contributed by atoms with Crippen molar-refractivity contribution in [2.24, 2.45) is 0 Å². The van der Waals surface area contributed by atoms with Gasteiger partial charge in [0.15, 0.2) is 6.10 Å². The van der Waals surface area contributed by atoms with E-state index < -0.39 is 6.10 Å². The number of nitrogens with one attached hydrogen (secondary N) is 1. The monoisotopic (exact) mass is 337 g/mol. The fraction of sp³-hybridized carbons (Fsp3) is 0.409. The van der Waals surface area contributed by atoms with Crippen LogP contribution in [0.2, 0.25) is 0 Å². The Bertz CT molecular complexity index is 711. The Morgan fingerprint density at radius 2 is 1.80 bits per heavy atom. The van der Waals surface area contributed by atoms with E-state index in [1.165, 1.54) is 24.0 Å². The summed E-state index contributed by atoms with van der Waals surface area (Å²) in [7, 11) is 0. The van der Waals surface area contributed by atoms with Crippen LogP contribution in [0.4, 0.5) is 0 Å². The zero-order valence-corrected chi connectivity index (χ0v) is 15.1. The lowest BCUT2D eigenvalue weighted by Crippen LogP contribution is -2.39. The van der Waals surface area contributed by atoms with Gasteiger partial charge in [0, 0.05) is 0 Å². The maximum atomic E-state index is 12.6. The molecule has 0 saturated carbocycles. The summed E-state index contributed by atoms with van der Waals surface area (Å²) in [5, 5.41) is 3.07. The number of benzene rings is 2. The molecular formula is C22H27NO2. The Morgan fingerprint density at radius 1 is 1.08 bits per heavy atom. The molecule has 0 unspecified atom stereocenters. The SMILES string of the molecule is CC[C@@H](Oc1ccc2c(c1)CCCC2)C(=O)N[C@@H](C)c1ccccc1. The Hall–Kier alpha value is -2.29. The Kier molecular flexibility index (Phi) is 5.75. The van der Waals surface area contributed by atoms with Gasteiger partial charge in [-0.2, -0.15) is 0 Å². The van der Waals surface area contributed by atoms with Gasteiger partial charge in [-0.15, -0.1) is 0 Å². The van der Waals surface area contributed by atoms with Crippen LogP contribution in [-0.4, -0.2) is 12.0 Å². The summed E-state index contributed by atoms with van der Waals surface area (Å²) >= 11 is 0. The highest BCUT2D eigenvalue weighted by Gasteiger charge is 2.21. The van der Waals surface area contributed by atoms with E-state index in [0.29, 0.717) is 6.42 Å². The predicted molar refractivity (Wildman–Crippen MR) is 101 cm³/mol. The van der Waals surface area contributed by atoms with Gasteiger partial charge < -0.3 is 10.1 Å². The average molecular weight is 337 g/mol. The third-order valence-corrected chi connectivity index (χ3v) is 4.92. The number of amides is 1. The van der Waals surface area contributed by atoms with Gasteiger partial charge in [-0.25, -0.2) is 0 Å². The maximum absolute atomic E-state index is 12.6. The molecule has 3 nitrogen and oxygen atoms in total. The zero-order valence-electron chi connectivity index (χ0n) is 15.1. The first-order valence-electron chi connectivity index (χ1n) is 9.31. The van der Waals surface area contributed by atoms with E-state index in [2.05, 4.69) is 17.4 Å². The van der Waals surface area contributed by atoms with Gasteiger partial charge in [-0.1, -0.05) is 43.3 Å². The van der Waals surface area contributed by atoms with Crippen LogP contribution in [-0.2, 0) is 17.6 Å². The lowest BCUT2D eigenvalue weighted by atomic mass is 9.92. The van der Waals surface area contributed by atoms with Crippen molar-refractivity contribution >= 4 is 5.91 Å². The number of fused-ring (bicyclic) bond motifs is 1. The molecule has 0 saturated heterocycles. The lowest BCUT2D eigenvalue weighted by Gasteiger charge is -2.22. The molecule has 1 aliphatic rings. The zero-order chi connectivity index (χ0) is 17.6. The van der Waals surface area contributed by atoms with Crippen LogP contribution in [0.1, 0.15) is 55.8 Å². The summed E-state index contributed by atoms with van der Waals surface area (Å²) in [6.45, 7) is 3.98. The topological polar surface area (TPSA) is 38.3 Å². The summed E-state index contributed by atoms with van der Waals surface area (Å²) < 4.78 is 6.02. The average Bonchev–Trinajstić information content (AvgIpc) is 2.66. The fourth-order valence-corrected chi connectivity index (χ4v) is 3.40. The van der Waals surface area contributed by atoms with E-state index in [4.69, 9.17) is 4.74 Å². The Morgan fingerprint density at radius 3 is 2.52 bits per heavy atom. The number of ether oxygens (including phenoxy) is 1. The van der Waals surface area contributed by atoms with Gasteiger partial charge in [-0.3, -0.25) is 4.79 Å². The first-order chi connectivity index (χ1) is 12.2. The first kappa shape index (κ1) is 17.5. The molecule has 0 spiro atoms. The van der Waals surface area contributed by atoms with Crippen molar-refractivity contribution in [1.29, 1.82) is 0 Å². The van der Waals surface area contributed by atoms with Crippen molar-refractivity contribution in [3.8, 4) is 5.75 Å². The lowest BCUT2D eigenvalue weighted by molar-refractivity contribution is -0.128. The summed E-state index contributed by atoms with van der Waals surface area (Å²) in [4.78, 5) is 12.6. The van der Waals surface area contributed by atoms with Gasteiger partial charge >= 0.3 is 0 Å². The van der Waals surface area contributed by atoms with Crippen LogP contribution in [0.25, 0.3) is 0 Å². The number of hydrogen-bond donors (Lipinski definition) is 1. The van der Waals surface area contributed by atoms with Crippen molar-refractivity contribution in [2.45, 2.75) is 58.1 Å². The smallest absolute Gasteiger partial charge is 0.261 e. The van der Waals surface area contributed by atoms with E-state index in [1.54, 1.807) is 0 Å². The molecule has 25 heavy (non-hydrogen) atoms. The summed E-state index contributed by atoms with van der Waals surface area (Å²) in [6, 6.07) is 16.2. The number of carbonyl (C=O) groups is 1. The van der Waals surface area contributed by atoms with Crippen molar-refractivity contribution in [3.05, 3.63) is 65.2 Å². The molecule has 0 radical (unpaired) electrons. The molecule has 1 N–H and O–H groups in total. The second-order valence-electron chi connectivity index (χ2n) is 6.79. The highest BCUT2D eigenvalue weighted by atomic mass is 16.5. The largest absolute Gasteiger partial charge is 0.481 e. The molecular weight excluding hydrogens is 310 g/mol. The number of rotatable bonds is 6. The maximum Gasteiger partial charge on any atom is 0.261 e. The van der Waals surface area contributed by atoms with Crippen LogP contribution >= 0.6 is 0 Å². The van der Waals surface area contributed by atoms with E-state index in [0.717, 1.165) is 24.2 Å². The normalized spacial score (nSPS) is 15.8. The molecule has 0 aliphatic heterocycles. The van der Waals surface area contributed by atoms with Gasteiger partial charge in [0.25, 0.3) is 5.91 Å². The molecule has 0 aromatic heterocycles. The summed E-state index contributed by atoms with van der Waals surface area (Å²) in [5.41, 5.74) is 3.89. The van der Waals surface area contributed by atoms with Crippen molar-refractivity contribution in [2.75, 3.05) is 0 Å². The van der Waals surface area contributed by atoms with E-state index in [1.807, 2.05) is 50.2 Å². The molecule has 3 rings (SSSR count). The van der Waals surface area contributed by atoms with Crippen LogP contribution in [0.15, 0.2) is 48.5 Å². The molecule has 0 fully saturated rings. The molecule has 1 amide bonds. The van der Waals surface area contributed by atoms with Gasteiger partial charge in [0.1, 0.15) is 5.75 Å². The third kappa shape index (κ3) is 4.41. The second-order valence-corrected chi connectivity index (χ2v) is 6.79. The Balaban J connectivity index is 1.64. The van der Waals surface area contributed by atoms with Gasteiger partial charge in [0.2, 0.25) is 0 Å². The predicted octanol–water partition coefficient (Wildman–Crippen LogP) is 4.60. The van der Waals surface area contributed by atoms with Gasteiger partial charge in [-0.05, 0) is 67.9 Å². The first-order valence-corrected chi connectivity index (χ1v) is 9.31. The minimum absolute atomic E-state index is 0.0325. The third-order valence-electron chi connectivity index (χ3n) is 4.92. The number of hydrogen-bond acceptors (Lipinski definition) is 2. The molecule has 2 atom stereocenters. The number of aryl methyl sites for hydroxylation is 2. The molecule has 132 valence electrons. The number of carbonyl (C=O) groups excluding carboxylic acids is 1. The second kappa shape index (κ2) is 8.19. The summed E-state index contributed by atoms with van der Waals surface area (Å²) in [6.07, 6.45) is 4.95.